The second-order valence-electron chi connectivity index (χ2n) is 2.41. The van der Waals surface area contributed by atoms with Crippen molar-refractivity contribution in [3.63, 3.8) is 0 Å². The van der Waals surface area contributed by atoms with Gasteiger partial charge in [0, 0.05) is 5.54 Å². The van der Waals surface area contributed by atoms with Gasteiger partial charge < -0.3 is 0 Å². The molecule has 0 aromatic rings. The minimum atomic E-state index is 1.04. The predicted molar refractivity (Wildman–Crippen MR) is 43.7 cm³/mol. The molecular formula is C8H13Cl. The van der Waals surface area contributed by atoms with Crippen LogP contribution in [0.5, 0.6) is 0 Å². The molecule has 0 saturated carbocycles. The van der Waals surface area contributed by atoms with E-state index in [1.807, 2.05) is 13.8 Å². The zero-order valence-corrected chi connectivity index (χ0v) is 6.83. The van der Waals surface area contributed by atoms with E-state index in [0.717, 1.165) is 12.8 Å². The van der Waals surface area contributed by atoms with Crippen LogP contribution < -0.4 is 0 Å². The summed E-state index contributed by atoms with van der Waals surface area (Å²) in [7, 11) is 0. The van der Waals surface area contributed by atoms with Gasteiger partial charge in [0.2, 0.25) is 0 Å². The molecule has 0 aliphatic heterocycles. The van der Waals surface area contributed by atoms with Gasteiger partial charge in [0.1, 0.15) is 0 Å². The molecule has 0 nitrogen and oxygen atoms in total. The Morgan fingerprint density at radius 3 is 2.33 bits per heavy atom. The van der Waals surface area contributed by atoms with Crippen molar-refractivity contribution in [2.24, 2.45) is 0 Å². The van der Waals surface area contributed by atoms with Crippen LogP contribution in [0.2, 0.25) is 0 Å². The SMILES string of the molecule is C=C(C)CC/C(C)=C/Cl. The molecule has 9 heavy (non-hydrogen) atoms. The highest BCUT2D eigenvalue weighted by molar-refractivity contribution is 6.25. The Labute approximate surface area is 62.2 Å². The van der Waals surface area contributed by atoms with Crippen molar-refractivity contribution in [2.75, 3.05) is 0 Å². The number of allylic oxidation sites excluding steroid dienone is 2. The Morgan fingerprint density at radius 1 is 1.44 bits per heavy atom. The molecule has 0 aromatic heterocycles. The first-order valence-corrected chi connectivity index (χ1v) is 3.50. The van der Waals surface area contributed by atoms with Gasteiger partial charge in [0.25, 0.3) is 0 Å². The maximum Gasteiger partial charge on any atom is 0.00318 e. The van der Waals surface area contributed by atoms with Gasteiger partial charge in [-0.05, 0) is 26.7 Å². The average Bonchev–Trinajstić information content (AvgIpc) is 1.83. The van der Waals surface area contributed by atoms with Crippen LogP contribution in [0.3, 0.4) is 0 Å². The van der Waals surface area contributed by atoms with Crippen molar-refractivity contribution >= 4 is 11.6 Å². The summed E-state index contributed by atoms with van der Waals surface area (Å²) in [5.74, 6) is 0. The van der Waals surface area contributed by atoms with E-state index in [1.165, 1.54) is 11.1 Å². The summed E-state index contributed by atoms with van der Waals surface area (Å²) in [6.07, 6.45) is 2.09. The zero-order valence-electron chi connectivity index (χ0n) is 6.08. The summed E-state index contributed by atoms with van der Waals surface area (Å²) in [6.45, 7) is 7.84. The normalized spacial score (nSPS) is 11.7. The van der Waals surface area contributed by atoms with Crippen molar-refractivity contribution in [2.45, 2.75) is 26.7 Å². The van der Waals surface area contributed by atoms with Crippen molar-refractivity contribution in [1.82, 2.24) is 0 Å². The molecule has 0 bridgehead atoms. The molecule has 0 aliphatic carbocycles. The molecule has 0 atom stereocenters. The maximum absolute atomic E-state index is 5.44. The molecule has 0 aromatic carbocycles. The topological polar surface area (TPSA) is 0 Å². The van der Waals surface area contributed by atoms with Crippen LogP contribution in [-0.4, -0.2) is 0 Å². The third-order valence-corrected chi connectivity index (χ3v) is 1.50. The second kappa shape index (κ2) is 4.63. The summed E-state index contributed by atoms with van der Waals surface area (Å²) in [5.41, 5.74) is 4.07. The highest BCUT2D eigenvalue weighted by atomic mass is 35.5. The molecule has 0 heterocycles. The molecule has 0 saturated heterocycles. The van der Waals surface area contributed by atoms with Gasteiger partial charge in [-0.25, -0.2) is 0 Å². The smallest absolute Gasteiger partial charge is 0.00318 e. The predicted octanol–water partition coefficient (Wildman–Crippen LogP) is 3.49. The van der Waals surface area contributed by atoms with E-state index in [-0.39, 0.29) is 0 Å². The Kier molecular flexibility index (Phi) is 4.51. The van der Waals surface area contributed by atoms with Crippen molar-refractivity contribution in [3.05, 3.63) is 23.3 Å². The highest BCUT2D eigenvalue weighted by Crippen LogP contribution is 2.09. The molecule has 0 fully saturated rings. The minimum absolute atomic E-state index is 1.04. The van der Waals surface area contributed by atoms with Crippen molar-refractivity contribution in [1.29, 1.82) is 0 Å². The Balaban J connectivity index is 3.39. The van der Waals surface area contributed by atoms with E-state index in [9.17, 15) is 0 Å². The van der Waals surface area contributed by atoms with Gasteiger partial charge in [0.15, 0.2) is 0 Å². The summed E-state index contributed by atoms with van der Waals surface area (Å²) in [6, 6.07) is 0. The molecule has 0 unspecified atom stereocenters. The van der Waals surface area contributed by atoms with Gasteiger partial charge in [-0.15, -0.1) is 6.58 Å². The van der Waals surface area contributed by atoms with Crippen molar-refractivity contribution in [3.8, 4) is 0 Å². The van der Waals surface area contributed by atoms with Gasteiger partial charge in [-0.2, -0.15) is 0 Å². The van der Waals surface area contributed by atoms with Crippen LogP contribution in [0, 0.1) is 0 Å². The van der Waals surface area contributed by atoms with E-state index in [2.05, 4.69) is 6.58 Å². The van der Waals surface area contributed by atoms with Gasteiger partial charge >= 0.3 is 0 Å². The zero-order chi connectivity index (χ0) is 7.28. The first kappa shape index (κ1) is 8.77. The maximum atomic E-state index is 5.44. The average molecular weight is 145 g/mol. The molecule has 0 N–H and O–H groups in total. The summed E-state index contributed by atoms with van der Waals surface area (Å²) >= 11 is 5.44. The largest absolute Gasteiger partial charge is 0.100 e. The first-order valence-electron chi connectivity index (χ1n) is 3.07. The Bertz CT molecular complexity index is 123. The minimum Gasteiger partial charge on any atom is -0.100 e. The fourth-order valence-corrected chi connectivity index (χ4v) is 0.574. The monoisotopic (exact) mass is 144 g/mol. The standard InChI is InChI=1S/C8H13Cl/c1-7(2)4-5-8(3)6-9/h6H,1,4-5H2,2-3H3/b8-6+. The highest BCUT2D eigenvalue weighted by Gasteiger charge is 1.88. The lowest BCUT2D eigenvalue weighted by Gasteiger charge is -1.97. The van der Waals surface area contributed by atoms with Crippen LogP contribution in [0.4, 0.5) is 0 Å². The van der Waals surface area contributed by atoms with Crippen LogP contribution in [0.1, 0.15) is 26.7 Å². The van der Waals surface area contributed by atoms with Crippen LogP contribution in [0.15, 0.2) is 23.3 Å². The summed E-state index contributed by atoms with van der Waals surface area (Å²) in [5, 5.41) is 0. The van der Waals surface area contributed by atoms with E-state index < -0.39 is 0 Å². The van der Waals surface area contributed by atoms with E-state index >= 15 is 0 Å². The van der Waals surface area contributed by atoms with Crippen LogP contribution in [-0.2, 0) is 0 Å². The number of hydrogen-bond acceptors (Lipinski definition) is 0. The molecule has 0 radical (unpaired) electrons. The van der Waals surface area contributed by atoms with Gasteiger partial charge in [-0.3, -0.25) is 0 Å². The molecule has 0 aliphatic rings. The summed E-state index contributed by atoms with van der Waals surface area (Å²) in [4.78, 5) is 0. The Morgan fingerprint density at radius 2 is 2.00 bits per heavy atom. The third-order valence-electron chi connectivity index (χ3n) is 1.13. The molecule has 52 valence electrons. The van der Waals surface area contributed by atoms with E-state index in [1.54, 1.807) is 5.54 Å². The molecule has 0 spiro atoms. The number of rotatable bonds is 3. The quantitative estimate of drug-likeness (QED) is 0.532. The van der Waals surface area contributed by atoms with Crippen molar-refractivity contribution < 1.29 is 0 Å². The lowest BCUT2D eigenvalue weighted by atomic mass is 10.1. The van der Waals surface area contributed by atoms with Crippen LogP contribution >= 0.6 is 11.6 Å². The number of halogens is 1. The third kappa shape index (κ3) is 5.64. The van der Waals surface area contributed by atoms with Gasteiger partial charge in [0.05, 0.1) is 0 Å². The lowest BCUT2D eigenvalue weighted by molar-refractivity contribution is 0.931. The summed E-state index contributed by atoms with van der Waals surface area (Å²) < 4.78 is 0. The second-order valence-corrected chi connectivity index (χ2v) is 2.63. The Hall–Kier alpha value is -0.230. The lowest BCUT2D eigenvalue weighted by Crippen LogP contribution is -1.76. The molecule has 1 heteroatoms. The fraction of sp³-hybridized carbons (Fsp3) is 0.500. The van der Waals surface area contributed by atoms with Gasteiger partial charge in [-0.1, -0.05) is 22.7 Å². The fourth-order valence-electron chi connectivity index (χ4n) is 0.465. The first-order chi connectivity index (χ1) is 4.16. The molecule has 0 rings (SSSR count). The molecular weight excluding hydrogens is 132 g/mol. The van der Waals surface area contributed by atoms with E-state index in [4.69, 9.17) is 11.6 Å². The molecule has 0 amide bonds. The van der Waals surface area contributed by atoms with E-state index in [0.29, 0.717) is 0 Å². The number of hydrogen-bond donors (Lipinski definition) is 0. The van der Waals surface area contributed by atoms with Crippen LogP contribution in [0.25, 0.3) is 0 Å².